The molecule has 23 heavy (non-hydrogen) atoms. The van der Waals surface area contributed by atoms with Crippen molar-refractivity contribution in [2.45, 2.75) is 24.8 Å². The van der Waals surface area contributed by atoms with Crippen LogP contribution in [0.4, 0.5) is 0 Å². The molecule has 0 aliphatic heterocycles. The molecule has 126 valence electrons. The van der Waals surface area contributed by atoms with Crippen LogP contribution >= 0.6 is 0 Å². The van der Waals surface area contributed by atoms with E-state index in [1.807, 2.05) is 0 Å². The van der Waals surface area contributed by atoms with Crippen molar-refractivity contribution in [3.63, 3.8) is 0 Å². The molecule has 0 heterocycles. The van der Waals surface area contributed by atoms with E-state index in [9.17, 15) is 18.0 Å². The molecular formula is C15H21N3O4S. The van der Waals surface area contributed by atoms with Gasteiger partial charge in [0.2, 0.25) is 15.9 Å². The third-order valence-corrected chi connectivity index (χ3v) is 4.38. The monoisotopic (exact) mass is 339 g/mol. The highest BCUT2D eigenvalue weighted by molar-refractivity contribution is 7.89. The average molecular weight is 339 g/mol. The molecule has 2 amide bonds. The van der Waals surface area contributed by atoms with Crippen LogP contribution in [0.25, 0.3) is 0 Å². The summed E-state index contributed by atoms with van der Waals surface area (Å²) in [6, 6.07) is 4.76. The van der Waals surface area contributed by atoms with Crippen LogP contribution in [0.5, 0.6) is 0 Å². The van der Waals surface area contributed by atoms with Crippen molar-refractivity contribution in [2.24, 2.45) is 0 Å². The smallest absolute Gasteiger partial charge is 0.251 e. The quantitative estimate of drug-likeness (QED) is 0.597. The third-order valence-electron chi connectivity index (χ3n) is 2.94. The van der Waals surface area contributed by atoms with Gasteiger partial charge in [0.25, 0.3) is 5.91 Å². The summed E-state index contributed by atoms with van der Waals surface area (Å²) in [5.74, 6) is -0.736. The highest BCUT2D eigenvalue weighted by Gasteiger charge is 2.17. The molecule has 3 N–H and O–H groups in total. The van der Waals surface area contributed by atoms with E-state index in [0.29, 0.717) is 6.54 Å². The topological polar surface area (TPSA) is 104 Å². The Morgan fingerprint density at radius 3 is 2.39 bits per heavy atom. The van der Waals surface area contributed by atoms with Gasteiger partial charge in [0, 0.05) is 18.7 Å². The molecule has 1 aromatic carbocycles. The predicted molar refractivity (Wildman–Crippen MR) is 87.4 cm³/mol. The molecular weight excluding hydrogens is 318 g/mol. The lowest BCUT2D eigenvalue weighted by atomic mass is 10.2. The van der Waals surface area contributed by atoms with Crippen LogP contribution in [-0.2, 0) is 14.8 Å². The van der Waals surface area contributed by atoms with Crippen LogP contribution in [-0.4, -0.2) is 39.4 Å². The van der Waals surface area contributed by atoms with Crippen LogP contribution in [0.1, 0.15) is 24.2 Å². The van der Waals surface area contributed by atoms with Gasteiger partial charge >= 0.3 is 0 Å². The van der Waals surface area contributed by atoms with Gasteiger partial charge < -0.3 is 10.6 Å². The molecule has 0 aliphatic carbocycles. The SMILES string of the molecule is C=CCNS(=O)(=O)c1ccc(C(=O)NC(C)C(=O)NCC)cc1. The zero-order valence-electron chi connectivity index (χ0n) is 13.1. The number of sulfonamides is 1. The Labute approximate surface area is 136 Å². The molecule has 0 saturated heterocycles. The lowest BCUT2D eigenvalue weighted by molar-refractivity contribution is -0.122. The van der Waals surface area contributed by atoms with Gasteiger partial charge in [-0.1, -0.05) is 6.08 Å². The van der Waals surface area contributed by atoms with Crippen LogP contribution < -0.4 is 15.4 Å². The first-order valence-electron chi connectivity index (χ1n) is 7.11. The van der Waals surface area contributed by atoms with Crippen molar-refractivity contribution < 1.29 is 18.0 Å². The van der Waals surface area contributed by atoms with Crippen molar-refractivity contribution in [2.75, 3.05) is 13.1 Å². The van der Waals surface area contributed by atoms with Crippen LogP contribution in [0.15, 0.2) is 41.8 Å². The molecule has 0 spiro atoms. The van der Waals surface area contributed by atoms with E-state index < -0.39 is 22.0 Å². The van der Waals surface area contributed by atoms with Gasteiger partial charge in [0.05, 0.1) is 4.90 Å². The summed E-state index contributed by atoms with van der Waals surface area (Å²) in [5, 5.41) is 5.15. The number of carbonyl (C=O) groups excluding carboxylic acids is 2. The van der Waals surface area contributed by atoms with Crippen LogP contribution in [0.3, 0.4) is 0 Å². The maximum Gasteiger partial charge on any atom is 0.251 e. The Balaban J connectivity index is 2.78. The van der Waals surface area contributed by atoms with Crippen LogP contribution in [0.2, 0.25) is 0 Å². The highest BCUT2D eigenvalue weighted by Crippen LogP contribution is 2.10. The van der Waals surface area contributed by atoms with Crippen molar-refractivity contribution in [1.29, 1.82) is 0 Å². The van der Waals surface area contributed by atoms with Gasteiger partial charge in [-0.05, 0) is 38.1 Å². The zero-order chi connectivity index (χ0) is 17.5. The summed E-state index contributed by atoms with van der Waals surface area (Å²) in [7, 11) is -3.63. The van der Waals surface area contributed by atoms with E-state index in [1.54, 1.807) is 13.8 Å². The Morgan fingerprint density at radius 2 is 1.87 bits per heavy atom. The van der Waals surface area contributed by atoms with Crippen molar-refractivity contribution in [3.05, 3.63) is 42.5 Å². The van der Waals surface area contributed by atoms with Gasteiger partial charge in [-0.25, -0.2) is 13.1 Å². The molecule has 0 aromatic heterocycles. The fraction of sp³-hybridized carbons (Fsp3) is 0.333. The van der Waals surface area contributed by atoms with E-state index >= 15 is 0 Å². The standard InChI is InChI=1S/C15H21N3O4S/c1-4-10-17-23(21,22)13-8-6-12(7-9-13)15(20)18-11(3)14(19)16-5-2/h4,6-9,11,17H,1,5,10H2,2-3H3,(H,16,19)(H,18,20). The Bertz CT molecular complexity index is 668. The Hall–Kier alpha value is -2.19. The lowest BCUT2D eigenvalue weighted by Crippen LogP contribution is -2.44. The van der Waals surface area contributed by atoms with E-state index in [1.165, 1.54) is 30.3 Å². The average Bonchev–Trinajstić information content (AvgIpc) is 2.53. The molecule has 0 radical (unpaired) electrons. The zero-order valence-corrected chi connectivity index (χ0v) is 13.9. The van der Waals surface area contributed by atoms with E-state index in [2.05, 4.69) is 21.9 Å². The first-order chi connectivity index (χ1) is 10.8. The minimum absolute atomic E-state index is 0.0488. The molecule has 0 aliphatic rings. The number of hydrogen-bond donors (Lipinski definition) is 3. The summed E-state index contributed by atoms with van der Waals surface area (Å²) in [4.78, 5) is 23.7. The fourth-order valence-corrected chi connectivity index (χ4v) is 2.71. The highest BCUT2D eigenvalue weighted by atomic mass is 32.2. The number of amides is 2. The first-order valence-corrected chi connectivity index (χ1v) is 8.59. The third kappa shape index (κ3) is 5.50. The molecule has 1 unspecified atom stereocenters. The van der Waals surface area contributed by atoms with E-state index in [0.717, 1.165) is 0 Å². The van der Waals surface area contributed by atoms with Crippen molar-refractivity contribution in [3.8, 4) is 0 Å². The largest absolute Gasteiger partial charge is 0.355 e. The molecule has 1 aromatic rings. The second kappa shape index (κ2) is 8.44. The van der Waals surface area contributed by atoms with E-state index in [4.69, 9.17) is 0 Å². The maximum absolute atomic E-state index is 12.0. The summed E-state index contributed by atoms with van der Waals surface area (Å²) >= 11 is 0. The van der Waals surface area contributed by atoms with Crippen molar-refractivity contribution >= 4 is 21.8 Å². The minimum Gasteiger partial charge on any atom is -0.355 e. The maximum atomic E-state index is 12.0. The molecule has 7 nitrogen and oxygen atoms in total. The minimum atomic E-state index is -3.63. The van der Waals surface area contributed by atoms with Gasteiger partial charge in [-0.15, -0.1) is 6.58 Å². The van der Waals surface area contributed by atoms with Crippen molar-refractivity contribution in [1.82, 2.24) is 15.4 Å². The van der Waals surface area contributed by atoms with Gasteiger partial charge in [0.15, 0.2) is 0 Å². The van der Waals surface area contributed by atoms with Gasteiger partial charge in [-0.2, -0.15) is 0 Å². The lowest BCUT2D eigenvalue weighted by Gasteiger charge is -2.13. The number of nitrogens with one attached hydrogen (secondary N) is 3. The molecule has 1 atom stereocenters. The second-order valence-electron chi connectivity index (χ2n) is 4.75. The number of benzene rings is 1. The molecule has 0 saturated carbocycles. The number of carbonyl (C=O) groups is 2. The molecule has 0 bridgehead atoms. The summed E-state index contributed by atoms with van der Waals surface area (Å²) in [5.41, 5.74) is 0.267. The summed E-state index contributed by atoms with van der Waals surface area (Å²) < 4.78 is 26.1. The molecule has 0 fully saturated rings. The summed E-state index contributed by atoms with van der Waals surface area (Å²) in [6.45, 7) is 7.39. The van der Waals surface area contributed by atoms with E-state index in [-0.39, 0.29) is 22.9 Å². The predicted octanol–water partition coefficient (Wildman–Crippen LogP) is 0.405. The number of likely N-dealkylation sites (N-methyl/N-ethyl adjacent to an activating group) is 1. The number of hydrogen-bond acceptors (Lipinski definition) is 4. The molecule has 8 heteroatoms. The second-order valence-corrected chi connectivity index (χ2v) is 6.52. The van der Waals surface area contributed by atoms with Crippen LogP contribution in [0, 0.1) is 0 Å². The Morgan fingerprint density at radius 1 is 1.26 bits per heavy atom. The summed E-state index contributed by atoms with van der Waals surface area (Å²) in [6.07, 6.45) is 1.43. The van der Waals surface area contributed by atoms with Gasteiger partial charge in [0.1, 0.15) is 6.04 Å². The molecule has 1 rings (SSSR count). The first kappa shape index (κ1) is 18.9. The Kier molecular flexibility index (Phi) is 6.92. The van der Waals surface area contributed by atoms with Gasteiger partial charge in [-0.3, -0.25) is 9.59 Å². The normalized spacial score (nSPS) is 12.3. The fourth-order valence-electron chi connectivity index (χ4n) is 1.71. The number of rotatable bonds is 8.